The molecule has 0 radical (unpaired) electrons. The second kappa shape index (κ2) is 9.72. The molecular weight excluding hydrogens is 454 g/mol. The number of rotatable bonds is 6. The lowest BCUT2D eigenvalue weighted by atomic mass is 9.95. The van der Waals surface area contributed by atoms with Crippen molar-refractivity contribution < 1.29 is 19.1 Å². The lowest BCUT2D eigenvalue weighted by Gasteiger charge is -2.44. The van der Waals surface area contributed by atoms with Crippen molar-refractivity contribution in [2.45, 2.75) is 83.7 Å². The molecule has 1 saturated heterocycles. The SMILES string of the molecule is CC(C)(C)OC(=O)N1C(O)C[C@@H](C2CC2)[C@@H]1CO[Si](c1ccccc1)(c1ccccc1)C(C)(C)C. The van der Waals surface area contributed by atoms with E-state index in [0.29, 0.717) is 18.9 Å². The third kappa shape index (κ3) is 5.35. The summed E-state index contributed by atoms with van der Waals surface area (Å²) in [5.74, 6) is 0.751. The molecule has 2 fully saturated rings. The van der Waals surface area contributed by atoms with E-state index in [4.69, 9.17) is 9.16 Å². The Labute approximate surface area is 211 Å². The first-order valence-corrected chi connectivity index (χ1v) is 14.8. The van der Waals surface area contributed by atoms with Gasteiger partial charge in [-0.3, -0.25) is 4.90 Å². The lowest BCUT2D eigenvalue weighted by molar-refractivity contribution is -0.0306. The number of nitrogens with zero attached hydrogens (tertiary/aromatic N) is 1. The molecule has 190 valence electrons. The molecule has 5 nitrogen and oxygen atoms in total. The standard InChI is InChI=1S/C29H41NO4Si/c1-28(2,3)34-27(32)30-25(24(19-26(30)31)21-17-18-21)20-33-35(29(4,5)6,22-13-9-7-10-14-22)23-15-11-8-12-16-23/h7-16,21,24-26,31H,17-20H2,1-6H3/t24-,25-,26?/m0/s1. The van der Waals surface area contributed by atoms with Crippen LogP contribution < -0.4 is 10.4 Å². The zero-order valence-corrected chi connectivity index (χ0v) is 23.0. The van der Waals surface area contributed by atoms with E-state index in [9.17, 15) is 9.90 Å². The minimum absolute atomic E-state index is 0.154. The van der Waals surface area contributed by atoms with Crippen LogP contribution in [0.4, 0.5) is 4.79 Å². The van der Waals surface area contributed by atoms with Crippen molar-refractivity contribution in [2.24, 2.45) is 11.8 Å². The van der Waals surface area contributed by atoms with Crippen LogP contribution in [0.25, 0.3) is 0 Å². The number of ether oxygens (including phenoxy) is 1. The summed E-state index contributed by atoms with van der Waals surface area (Å²) in [4.78, 5) is 14.8. The number of carbonyl (C=O) groups is 1. The Morgan fingerprint density at radius 3 is 1.89 bits per heavy atom. The smallest absolute Gasteiger partial charge is 0.412 e. The van der Waals surface area contributed by atoms with Gasteiger partial charge in [0.05, 0.1) is 12.6 Å². The first kappa shape index (κ1) is 25.9. The van der Waals surface area contributed by atoms with Gasteiger partial charge in [-0.25, -0.2) is 4.79 Å². The maximum Gasteiger partial charge on any atom is 0.412 e. The first-order valence-electron chi connectivity index (χ1n) is 12.9. The molecule has 1 heterocycles. The highest BCUT2D eigenvalue weighted by molar-refractivity contribution is 6.99. The molecule has 35 heavy (non-hydrogen) atoms. The lowest BCUT2D eigenvalue weighted by Crippen LogP contribution is -2.67. The fourth-order valence-corrected chi connectivity index (χ4v) is 10.3. The van der Waals surface area contributed by atoms with Gasteiger partial charge in [0.2, 0.25) is 0 Å². The van der Waals surface area contributed by atoms with E-state index >= 15 is 0 Å². The third-order valence-electron chi connectivity index (χ3n) is 7.37. The van der Waals surface area contributed by atoms with E-state index in [-0.39, 0.29) is 17.0 Å². The number of likely N-dealkylation sites (tertiary alicyclic amines) is 1. The van der Waals surface area contributed by atoms with E-state index in [2.05, 4.69) is 69.3 Å². The normalized spacial score (nSPS) is 23.4. The van der Waals surface area contributed by atoms with Gasteiger partial charge in [-0.15, -0.1) is 0 Å². The van der Waals surface area contributed by atoms with Crippen LogP contribution >= 0.6 is 0 Å². The van der Waals surface area contributed by atoms with Gasteiger partial charge in [0.1, 0.15) is 11.8 Å². The van der Waals surface area contributed by atoms with Crippen LogP contribution in [0.15, 0.2) is 60.7 Å². The molecule has 0 aromatic heterocycles. The summed E-state index contributed by atoms with van der Waals surface area (Å²) in [5, 5.41) is 13.2. The Morgan fingerprint density at radius 2 is 1.46 bits per heavy atom. The Morgan fingerprint density at radius 1 is 0.943 bits per heavy atom. The fraction of sp³-hybridized carbons (Fsp3) is 0.552. The maximum atomic E-state index is 13.2. The van der Waals surface area contributed by atoms with Crippen molar-refractivity contribution in [3.63, 3.8) is 0 Å². The van der Waals surface area contributed by atoms with Crippen molar-refractivity contribution in [1.29, 1.82) is 0 Å². The summed E-state index contributed by atoms with van der Waals surface area (Å²) >= 11 is 0. The number of carbonyl (C=O) groups excluding carboxylic acids is 1. The van der Waals surface area contributed by atoms with Gasteiger partial charge >= 0.3 is 6.09 Å². The van der Waals surface area contributed by atoms with Gasteiger partial charge in [0.15, 0.2) is 0 Å². The summed E-state index contributed by atoms with van der Waals surface area (Å²) < 4.78 is 12.9. The summed E-state index contributed by atoms with van der Waals surface area (Å²) in [7, 11) is -2.75. The highest BCUT2D eigenvalue weighted by Gasteiger charge is 2.54. The molecule has 0 bridgehead atoms. The zero-order chi connectivity index (χ0) is 25.4. The number of amides is 1. The van der Waals surface area contributed by atoms with Crippen LogP contribution in [0.1, 0.15) is 60.8 Å². The van der Waals surface area contributed by atoms with Gasteiger partial charge in [0, 0.05) is 0 Å². The van der Waals surface area contributed by atoms with E-state index < -0.39 is 26.2 Å². The van der Waals surface area contributed by atoms with E-state index in [0.717, 1.165) is 12.8 Å². The largest absolute Gasteiger partial charge is 0.444 e. The van der Waals surface area contributed by atoms with Crippen LogP contribution in [0, 0.1) is 11.8 Å². The molecule has 2 aliphatic rings. The van der Waals surface area contributed by atoms with Crippen LogP contribution in [-0.4, -0.2) is 48.9 Å². The number of hydrogen-bond donors (Lipinski definition) is 1. The molecule has 4 rings (SSSR count). The molecule has 2 aromatic rings. The van der Waals surface area contributed by atoms with Gasteiger partial charge in [-0.2, -0.15) is 0 Å². The average molecular weight is 496 g/mol. The van der Waals surface area contributed by atoms with Crippen molar-refractivity contribution in [2.75, 3.05) is 6.61 Å². The average Bonchev–Trinajstić information content (AvgIpc) is 3.56. The Bertz CT molecular complexity index is 955. The quantitative estimate of drug-likeness (QED) is 0.578. The van der Waals surface area contributed by atoms with Gasteiger partial charge < -0.3 is 14.3 Å². The predicted octanol–water partition coefficient (Wildman–Crippen LogP) is 4.92. The molecule has 1 aliphatic carbocycles. The number of hydrogen-bond acceptors (Lipinski definition) is 4. The molecule has 1 amide bonds. The van der Waals surface area contributed by atoms with Crippen LogP contribution in [-0.2, 0) is 9.16 Å². The minimum atomic E-state index is -2.75. The van der Waals surface area contributed by atoms with Crippen molar-refractivity contribution in [3.8, 4) is 0 Å². The Balaban J connectivity index is 1.73. The first-order chi connectivity index (χ1) is 16.4. The van der Waals surface area contributed by atoms with Crippen molar-refractivity contribution in [1.82, 2.24) is 4.90 Å². The summed E-state index contributed by atoms with van der Waals surface area (Å²) in [6.45, 7) is 12.7. The predicted molar refractivity (Wildman–Crippen MR) is 142 cm³/mol. The summed E-state index contributed by atoms with van der Waals surface area (Å²) in [5.41, 5.74) is -0.627. The topological polar surface area (TPSA) is 59.0 Å². The molecule has 1 aliphatic heterocycles. The highest BCUT2D eigenvalue weighted by Crippen LogP contribution is 2.47. The summed E-state index contributed by atoms with van der Waals surface area (Å²) in [6, 6.07) is 20.9. The van der Waals surface area contributed by atoms with Crippen molar-refractivity contribution >= 4 is 24.8 Å². The minimum Gasteiger partial charge on any atom is -0.444 e. The second-order valence-corrected chi connectivity index (χ2v) is 16.5. The monoisotopic (exact) mass is 495 g/mol. The molecular formula is C29H41NO4Si. The molecule has 1 saturated carbocycles. The maximum absolute atomic E-state index is 13.2. The van der Waals surface area contributed by atoms with Crippen molar-refractivity contribution in [3.05, 3.63) is 60.7 Å². The van der Waals surface area contributed by atoms with Crippen LogP contribution in [0.2, 0.25) is 5.04 Å². The van der Waals surface area contributed by atoms with E-state index in [1.165, 1.54) is 10.4 Å². The number of benzene rings is 2. The van der Waals surface area contributed by atoms with Crippen LogP contribution in [0.3, 0.4) is 0 Å². The van der Waals surface area contributed by atoms with E-state index in [1.54, 1.807) is 4.90 Å². The Hall–Kier alpha value is -2.15. The molecule has 2 aromatic carbocycles. The van der Waals surface area contributed by atoms with Crippen LogP contribution in [0.5, 0.6) is 0 Å². The fourth-order valence-electron chi connectivity index (χ4n) is 5.72. The van der Waals surface area contributed by atoms with Gasteiger partial charge in [-0.05, 0) is 67.3 Å². The molecule has 1 N–H and O–H groups in total. The van der Waals surface area contributed by atoms with Gasteiger partial charge in [-0.1, -0.05) is 81.4 Å². The Kier molecular flexibility index (Phi) is 7.20. The third-order valence-corrected chi connectivity index (χ3v) is 12.4. The molecule has 0 spiro atoms. The zero-order valence-electron chi connectivity index (χ0n) is 22.0. The molecule has 3 atom stereocenters. The number of aliphatic hydroxyl groups excluding tert-OH is 1. The second-order valence-electron chi connectivity index (χ2n) is 12.1. The number of aliphatic hydroxyl groups is 1. The molecule has 1 unspecified atom stereocenters. The van der Waals surface area contributed by atoms with E-state index in [1.807, 2.05) is 32.9 Å². The molecule has 6 heteroatoms. The highest BCUT2D eigenvalue weighted by atomic mass is 28.4. The van der Waals surface area contributed by atoms with Gasteiger partial charge in [0.25, 0.3) is 8.32 Å². The summed E-state index contributed by atoms with van der Waals surface area (Å²) in [6.07, 6.45) is 1.58.